The number of ether oxygens (including phenoxy) is 1. The summed E-state index contributed by atoms with van der Waals surface area (Å²) in [5, 5.41) is 12.4. The zero-order valence-electron chi connectivity index (χ0n) is 14.1. The lowest BCUT2D eigenvalue weighted by Gasteiger charge is -2.42. The Balaban J connectivity index is 1.96. The van der Waals surface area contributed by atoms with Gasteiger partial charge in [-0.3, -0.25) is 10.4 Å². The van der Waals surface area contributed by atoms with Crippen LogP contribution in [0.25, 0.3) is 10.4 Å². The molecule has 2 aromatic rings. The summed E-state index contributed by atoms with van der Waals surface area (Å²) < 4.78 is 5.06. The van der Waals surface area contributed by atoms with Crippen molar-refractivity contribution in [1.82, 2.24) is 10.3 Å². The molecule has 3 heterocycles. The topological polar surface area (TPSA) is 58.0 Å². The smallest absolute Gasteiger partial charge is 0.137 e. The van der Waals surface area contributed by atoms with Crippen molar-refractivity contribution in [1.29, 1.82) is 5.41 Å². The van der Waals surface area contributed by atoms with E-state index in [-0.39, 0.29) is 10.3 Å². The third kappa shape index (κ3) is 3.15. The summed E-state index contributed by atoms with van der Waals surface area (Å²) in [6.45, 7) is 6.24. The number of aromatic nitrogens is 1. The van der Waals surface area contributed by atoms with Crippen LogP contribution < -0.4 is 10.1 Å². The summed E-state index contributed by atoms with van der Waals surface area (Å²) in [4.78, 5) is 6.31. The number of nitrogens with zero attached hydrogens (tertiary/aromatic N) is 1. The van der Waals surface area contributed by atoms with Crippen molar-refractivity contribution in [2.24, 2.45) is 0 Å². The van der Waals surface area contributed by atoms with E-state index in [9.17, 15) is 0 Å². The van der Waals surface area contributed by atoms with Crippen molar-refractivity contribution >= 4 is 40.5 Å². The van der Waals surface area contributed by atoms with Crippen LogP contribution in [0.3, 0.4) is 0 Å². The van der Waals surface area contributed by atoms with Crippen molar-refractivity contribution in [3.05, 3.63) is 34.4 Å². The lowest BCUT2D eigenvalue weighted by Crippen LogP contribution is -2.56. The average molecular weight is 382 g/mol. The van der Waals surface area contributed by atoms with Gasteiger partial charge < -0.3 is 10.1 Å². The number of halogens is 1. The maximum absolute atomic E-state index is 8.29. The Morgan fingerprint density at radius 2 is 2.04 bits per heavy atom. The SMILES string of the molecule is COc1cncc(-c2cc(Cl)c([C@]3(C)CSC(C)(C)C(=N)N3)s2)c1. The first-order chi connectivity index (χ1) is 11.2. The molecule has 0 unspecified atom stereocenters. The molecule has 0 spiro atoms. The van der Waals surface area contributed by atoms with E-state index >= 15 is 0 Å². The monoisotopic (exact) mass is 381 g/mol. The highest BCUT2D eigenvalue weighted by molar-refractivity contribution is 8.01. The second-order valence-electron chi connectivity index (χ2n) is 6.53. The maximum atomic E-state index is 8.29. The Morgan fingerprint density at radius 3 is 2.71 bits per heavy atom. The molecule has 0 aromatic carbocycles. The Kier molecular flexibility index (Phi) is 4.57. The molecular formula is C17H20ClN3OS2. The fraction of sp³-hybridized carbons (Fsp3) is 0.412. The van der Waals surface area contributed by atoms with Crippen LogP contribution in [0.1, 0.15) is 25.6 Å². The summed E-state index contributed by atoms with van der Waals surface area (Å²) in [5.74, 6) is 2.12. The summed E-state index contributed by atoms with van der Waals surface area (Å²) >= 11 is 9.97. The van der Waals surface area contributed by atoms with Gasteiger partial charge in [-0.15, -0.1) is 23.1 Å². The van der Waals surface area contributed by atoms with E-state index in [1.165, 1.54) is 0 Å². The number of thiophene rings is 1. The maximum Gasteiger partial charge on any atom is 0.137 e. The number of hydrogen-bond acceptors (Lipinski definition) is 5. The molecule has 24 heavy (non-hydrogen) atoms. The minimum Gasteiger partial charge on any atom is -0.495 e. The molecule has 7 heteroatoms. The predicted molar refractivity (Wildman–Crippen MR) is 104 cm³/mol. The highest BCUT2D eigenvalue weighted by Gasteiger charge is 2.42. The number of thioether (sulfide) groups is 1. The van der Waals surface area contributed by atoms with Gasteiger partial charge in [0.25, 0.3) is 0 Å². The molecule has 128 valence electrons. The van der Waals surface area contributed by atoms with E-state index in [0.29, 0.717) is 5.84 Å². The van der Waals surface area contributed by atoms with Crippen LogP contribution in [-0.2, 0) is 5.54 Å². The van der Waals surface area contributed by atoms with Crippen LogP contribution in [0.5, 0.6) is 5.75 Å². The molecule has 4 nitrogen and oxygen atoms in total. The summed E-state index contributed by atoms with van der Waals surface area (Å²) in [7, 11) is 1.63. The molecule has 0 radical (unpaired) electrons. The van der Waals surface area contributed by atoms with Gasteiger partial charge in [0.05, 0.1) is 28.6 Å². The van der Waals surface area contributed by atoms with E-state index < -0.39 is 0 Å². The fourth-order valence-corrected chi connectivity index (χ4v) is 5.32. The number of methoxy groups -OCH3 is 1. The molecular weight excluding hydrogens is 362 g/mol. The van der Waals surface area contributed by atoms with Crippen LogP contribution in [0, 0.1) is 5.41 Å². The Morgan fingerprint density at radius 1 is 1.29 bits per heavy atom. The van der Waals surface area contributed by atoms with Crippen LogP contribution in [0.4, 0.5) is 0 Å². The standard InChI is InChI=1S/C17H20ClN3OS2/c1-16(2)15(19)21-17(3,9-23-16)14-12(18)6-13(24-14)10-5-11(22-4)8-20-7-10/h5-8H,9H2,1-4H3,(H2,19,21)/t17-/m0/s1. The normalized spacial score (nSPS) is 23.0. The molecule has 3 rings (SSSR count). The van der Waals surface area contributed by atoms with Crippen molar-refractivity contribution in [2.75, 3.05) is 12.9 Å². The molecule has 0 bridgehead atoms. The highest BCUT2D eigenvalue weighted by atomic mass is 35.5. The third-order valence-corrected chi connectivity index (χ3v) is 7.65. The van der Waals surface area contributed by atoms with Crippen LogP contribution >= 0.6 is 34.7 Å². The molecule has 2 aromatic heterocycles. The lowest BCUT2D eigenvalue weighted by atomic mass is 10.00. The van der Waals surface area contributed by atoms with Gasteiger partial charge >= 0.3 is 0 Å². The van der Waals surface area contributed by atoms with Gasteiger partial charge in [-0.2, -0.15) is 0 Å². The Labute approximate surface area is 155 Å². The van der Waals surface area contributed by atoms with Crippen molar-refractivity contribution in [2.45, 2.75) is 31.1 Å². The molecule has 1 atom stereocenters. The second kappa shape index (κ2) is 6.24. The second-order valence-corrected chi connectivity index (χ2v) is 9.59. The van der Waals surface area contributed by atoms with E-state index in [1.807, 2.05) is 18.3 Å². The lowest BCUT2D eigenvalue weighted by molar-refractivity contribution is 0.413. The van der Waals surface area contributed by atoms with Gasteiger partial charge in [0.15, 0.2) is 0 Å². The van der Waals surface area contributed by atoms with Gasteiger partial charge in [0.1, 0.15) is 11.6 Å². The first-order valence-electron chi connectivity index (χ1n) is 7.55. The molecule has 1 fully saturated rings. The van der Waals surface area contributed by atoms with E-state index in [1.54, 1.807) is 36.4 Å². The van der Waals surface area contributed by atoms with E-state index in [2.05, 4.69) is 31.1 Å². The minimum absolute atomic E-state index is 0.192. The van der Waals surface area contributed by atoms with Crippen LogP contribution in [0.2, 0.25) is 5.02 Å². The van der Waals surface area contributed by atoms with Gasteiger partial charge in [0.2, 0.25) is 0 Å². The van der Waals surface area contributed by atoms with Gasteiger partial charge in [0, 0.05) is 27.3 Å². The zero-order valence-corrected chi connectivity index (χ0v) is 16.5. The largest absolute Gasteiger partial charge is 0.495 e. The quantitative estimate of drug-likeness (QED) is 0.803. The highest BCUT2D eigenvalue weighted by Crippen LogP contribution is 2.45. The Bertz CT molecular complexity index is 790. The number of pyridine rings is 1. The summed E-state index contributed by atoms with van der Waals surface area (Å²) in [6, 6.07) is 3.93. The van der Waals surface area contributed by atoms with Crippen LogP contribution in [-0.4, -0.2) is 28.4 Å². The van der Waals surface area contributed by atoms with Crippen LogP contribution in [0.15, 0.2) is 24.5 Å². The van der Waals surface area contributed by atoms with Gasteiger partial charge in [-0.05, 0) is 32.9 Å². The molecule has 1 aliphatic heterocycles. The molecule has 0 amide bonds. The Hall–Kier alpha value is -1.24. The first kappa shape index (κ1) is 17.6. The van der Waals surface area contributed by atoms with E-state index in [0.717, 1.165) is 31.8 Å². The van der Waals surface area contributed by atoms with E-state index in [4.69, 9.17) is 21.7 Å². The summed E-state index contributed by atoms with van der Waals surface area (Å²) in [5.41, 5.74) is 0.638. The first-order valence-corrected chi connectivity index (χ1v) is 9.73. The minimum atomic E-state index is -0.344. The fourth-order valence-electron chi connectivity index (χ4n) is 2.53. The summed E-state index contributed by atoms with van der Waals surface area (Å²) in [6.07, 6.45) is 3.49. The van der Waals surface area contributed by atoms with Gasteiger partial charge in [-0.1, -0.05) is 11.6 Å². The molecule has 0 saturated carbocycles. The van der Waals surface area contributed by atoms with Crippen molar-refractivity contribution < 1.29 is 4.74 Å². The average Bonchev–Trinajstić information content (AvgIpc) is 2.95. The third-order valence-electron chi connectivity index (χ3n) is 4.15. The predicted octanol–water partition coefficient (Wildman–Crippen LogP) is 4.78. The number of nitrogens with one attached hydrogen (secondary N) is 2. The molecule has 2 N–H and O–H groups in total. The molecule has 1 aliphatic rings. The number of rotatable bonds is 3. The van der Waals surface area contributed by atoms with Gasteiger partial charge in [-0.25, -0.2) is 0 Å². The molecule has 0 aliphatic carbocycles. The van der Waals surface area contributed by atoms with Crippen molar-refractivity contribution in [3.63, 3.8) is 0 Å². The molecule has 1 saturated heterocycles. The zero-order chi connectivity index (χ0) is 17.5. The van der Waals surface area contributed by atoms with Crippen molar-refractivity contribution in [3.8, 4) is 16.2 Å². The number of hydrogen-bond donors (Lipinski definition) is 2. The number of amidine groups is 1.